The average Bonchev–Trinajstić information content (AvgIpc) is 3.18. The first-order chi connectivity index (χ1) is 10.4. The van der Waals surface area contributed by atoms with Crippen molar-refractivity contribution < 1.29 is 0 Å². The molecule has 4 nitrogen and oxygen atoms in total. The van der Waals surface area contributed by atoms with Crippen LogP contribution in [-0.4, -0.2) is 19.9 Å². The van der Waals surface area contributed by atoms with Crippen molar-refractivity contribution in [2.45, 2.75) is 6.42 Å². The number of nitrogens with zero attached hydrogens (tertiary/aromatic N) is 2. The van der Waals surface area contributed by atoms with Crippen molar-refractivity contribution in [1.29, 1.82) is 0 Å². The van der Waals surface area contributed by atoms with Crippen LogP contribution >= 0.6 is 0 Å². The number of aromatic amines is 2. The third-order valence-corrected chi connectivity index (χ3v) is 3.57. The summed E-state index contributed by atoms with van der Waals surface area (Å²) < 4.78 is 0. The summed E-state index contributed by atoms with van der Waals surface area (Å²) in [6, 6.07) is 14.3. The summed E-state index contributed by atoms with van der Waals surface area (Å²) in [6.45, 7) is 0. The Kier molecular flexibility index (Phi) is 2.78. The van der Waals surface area contributed by atoms with Gasteiger partial charge < -0.3 is 9.97 Å². The van der Waals surface area contributed by atoms with Crippen molar-refractivity contribution in [1.82, 2.24) is 19.9 Å². The summed E-state index contributed by atoms with van der Waals surface area (Å²) in [6.07, 6.45) is 6.43. The Hall–Kier alpha value is -2.88. The summed E-state index contributed by atoms with van der Waals surface area (Å²) in [7, 11) is 0. The van der Waals surface area contributed by atoms with Gasteiger partial charge in [0.2, 0.25) is 0 Å². The molecule has 4 heteroatoms. The summed E-state index contributed by atoms with van der Waals surface area (Å²) in [5.41, 5.74) is 5.47. The topological polar surface area (TPSA) is 57.4 Å². The lowest BCUT2D eigenvalue weighted by molar-refractivity contribution is 1.15. The number of para-hydroxylation sites is 1. The van der Waals surface area contributed by atoms with Crippen LogP contribution in [0.15, 0.2) is 61.1 Å². The number of imidazole rings is 1. The van der Waals surface area contributed by atoms with Crippen LogP contribution in [0.3, 0.4) is 0 Å². The van der Waals surface area contributed by atoms with Gasteiger partial charge in [-0.2, -0.15) is 0 Å². The lowest BCUT2D eigenvalue weighted by atomic mass is 10.1. The molecular weight excluding hydrogens is 260 g/mol. The first-order valence-corrected chi connectivity index (χ1v) is 6.90. The Bertz CT molecular complexity index is 860. The Morgan fingerprint density at radius 2 is 2.00 bits per heavy atom. The number of benzene rings is 1. The third kappa shape index (κ3) is 2.21. The van der Waals surface area contributed by atoms with Gasteiger partial charge in [-0.1, -0.05) is 18.2 Å². The first kappa shape index (κ1) is 11.9. The fourth-order valence-electron chi connectivity index (χ4n) is 2.56. The van der Waals surface area contributed by atoms with E-state index in [1.54, 1.807) is 6.20 Å². The van der Waals surface area contributed by atoms with E-state index in [1.165, 1.54) is 11.1 Å². The largest absolute Gasteiger partial charge is 0.359 e. The molecule has 0 fully saturated rings. The van der Waals surface area contributed by atoms with E-state index in [0.29, 0.717) is 0 Å². The standard InChI is InChI=1S/C17H14N4/c1-5-13(10-12-4-2-8-18-11-12)16-14(6-1)20-17(21-16)15-7-3-9-19-15/h1-9,11,19H,10H2,(H,20,21). The lowest BCUT2D eigenvalue weighted by Crippen LogP contribution is -1.90. The zero-order valence-corrected chi connectivity index (χ0v) is 11.4. The molecule has 0 aliphatic carbocycles. The molecule has 21 heavy (non-hydrogen) atoms. The summed E-state index contributed by atoms with van der Waals surface area (Å²) >= 11 is 0. The zero-order chi connectivity index (χ0) is 14.1. The highest BCUT2D eigenvalue weighted by Crippen LogP contribution is 2.23. The van der Waals surface area contributed by atoms with Crippen LogP contribution in [0.5, 0.6) is 0 Å². The van der Waals surface area contributed by atoms with Crippen LogP contribution in [0.2, 0.25) is 0 Å². The van der Waals surface area contributed by atoms with Crippen LogP contribution in [-0.2, 0) is 6.42 Å². The number of pyridine rings is 1. The van der Waals surface area contributed by atoms with Gasteiger partial charge in [0.25, 0.3) is 0 Å². The monoisotopic (exact) mass is 274 g/mol. The van der Waals surface area contributed by atoms with E-state index in [-0.39, 0.29) is 0 Å². The van der Waals surface area contributed by atoms with E-state index in [4.69, 9.17) is 4.98 Å². The quantitative estimate of drug-likeness (QED) is 0.600. The van der Waals surface area contributed by atoms with Crippen molar-refractivity contribution in [3.05, 3.63) is 72.2 Å². The van der Waals surface area contributed by atoms with E-state index in [9.17, 15) is 0 Å². The minimum absolute atomic E-state index is 0.834. The second kappa shape index (κ2) is 4.90. The van der Waals surface area contributed by atoms with Gasteiger partial charge in [-0.3, -0.25) is 4.98 Å². The van der Waals surface area contributed by atoms with Gasteiger partial charge in [-0.15, -0.1) is 0 Å². The molecule has 0 aliphatic rings. The molecule has 0 amide bonds. The van der Waals surface area contributed by atoms with Crippen molar-refractivity contribution in [2.24, 2.45) is 0 Å². The van der Waals surface area contributed by atoms with Gasteiger partial charge in [0, 0.05) is 25.0 Å². The number of fused-ring (bicyclic) bond motifs is 1. The van der Waals surface area contributed by atoms with Gasteiger partial charge in [-0.05, 0) is 35.4 Å². The molecule has 0 bridgehead atoms. The Balaban J connectivity index is 1.79. The maximum absolute atomic E-state index is 4.74. The van der Waals surface area contributed by atoms with Crippen molar-refractivity contribution in [2.75, 3.05) is 0 Å². The molecule has 0 saturated heterocycles. The molecule has 4 aromatic rings. The molecule has 0 radical (unpaired) electrons. The highest BCUT2D eigenvalue weighted by molar-refractivity contribution is 5.82. The van der Waals surface area contributed by atoms with Gasteiger partial charge in [-0.25, -0.2) is 4.98 Å². The molecule has 2 N–H and O–H groups in total. The molecule has 4 rings (SSSR count). The van der Waals surface area contributed by atoms with E-state index in [2.05, 4.69) is 39.2 Å². The van der Waals surface area contributed by atoms with Crippen LogP contribution in [0.4, 0.5) is 0 Å². The molecule has 102 valence electrons. The number of hydrogen-bond acceptors (Lipinski definition) is 2. The molecular formula is C17H14N4. The molecule has 3 aromatic heterocycles. The van der Waals surface area contributed by atoms with Crippen molar-refractivity contribution in [3.63, 3.8) is 0 Å². The first-order valence-electron chi connectivity index (χ1n) is 6.90. The minimum Gasteiger partial charge on any atom is -0.359 e. The summed E-state index contributed by atoms with van der Waals surface area (Å²) in [4.78, 5) is 15.5. The highest BCUT2D eigenvalue weighted by atomic mass is 14.9. The Labute approximate surface area is 121 Å². The van der Waals surface area contributed by atoms with Gasteiger partial charge >= 0.3 is 0 Å². The Morgan fingerprint density at radius 1 is 1.00 bits per heavy atom. The molecule has 3 heterocycles. The number of hydrogen-bond donors (Lipinski definition) is 2. The number of aromatic nitrogens is 4. The van der Waals surface area contributed by atoms with E-state index >= 15 is 0 Å². The zero-order valence-electron chi connectivity index (χ0n) is 11.4. The molecule has 0 atom stereocenters. The summed E-state index contributed by atoms with van der Waals surface area (Å²) in [5, 5.41) is 0. The maximum Gasteiger partial charge on any atom is 0.154 e. The van der Waals surface area contributed by atoms with Crippen molar-refractivity contribution in [3.8, 4) is 11.5 Å². The molecule has 0 aliphatic heterocycles. The summed E-state index contributed by atoms with van der Waals surface area (Å²) in [5.74, 6) is 0.869. The van der Waals surface area contributed by atoms with Gasteiger partial charge in [0.15, 0.2) is 5.82 Å². The minimum atomic E-state index is 0.834. The predicted molar refractivity (Wildman–Crippen MR) is 82.9 cm³/mol. The lowest BCUT2D eigenvalue weighted by Gasteiger charge is -2.01. The molecule has 0 saturated carbocycles. The van der Waals surface area contributed by atoms with E-state index in [0.717, 1.165) is 29.0 Å². The van der Waals surface area contributed by atoms with Gasteiger partial charge in [0.1, 0.15) is 0 Å². The number of rotatable bonds is 3. The van der Waals surface area contributed by atoms with Crippen LogP contribution < -0.4 is 0 Å². The normalized spacial score (nSPS) is 11.0. The maximum atomic E-state index is 4.74. The fraction of sp³-hybridized carbons (Fsp3) is 0.0588. The third-order valence-electron chi connectivity index (χ3n) is 3.57. The smallest absolute Gasteiger partial charge is 0.154 e. The highest BCUT2D eigenvalue weighted by Gasteiger charge is 2.09. The molecule has 1 aromatic carbocycles. The predicted octanol–water partition coefficient (Wildman–Crippen LogP) is 3.54. The van der Waals surface area contributed by atoms with Crippen LogP contribution in [0.1, 0.15) is 11.1 Å². The SMILES string of the molecule is c1cncc(Cc2cccc3[nH]c(-c4ccc[nH]4)nc23)c1. The van der Waals surface area contributed by atoms with E-state index in [1.807, 2.05) is 30.6 Å². The average molecular weight is 274 g/mol. The number of H-pyrrole nitrogens is 2. The second-order valence-corrected chi connectivity index (χ2v) is 5.02. The van der Waals surface area contributed by atoms with Crippen molar-refractivity contribution >= 4 is 11.0 Å². The van der Waals surface area contributed by atoms with Gasteiger partial charge in [0.05, 0.1) is 16.7 Å². The Morgan fingerprint density at radius 3 is 2.81 bits per heavy atom. The molecule has 0 spiro atoms. The van der Waals surface area contributed by atoms with Crippen LogP contribution in [0, 0.1) is 0 Å². The fourth-order valence-corrected chi connectivity index (χ4v) is 2.56. The second-order valence-electron chi connectivity index (χ2n) is 5.02. The molecule has 0 unspecified atom stereocenters. The van der Waals surface area contributed by atoms with E-state index < -0.39 is 0 Å². The van der Waals surface area contributed by atoms with Crippen LogP contribution in [0.25, 0.3) is 22.6 Å². The number of nitrogens with one attached hydrogen (secondary N) is 2.